The van der Waals surface area contributed by atoms with Crippen LogP contribution in [0.25, 0.3) is 0 Å². The van der Waals surface area contributed by atoms with E-state index in [1.54, 1.807) is 19.9 Å². The minimum Gasteiger partial charge on any atom is -0.370 e. The number of nitrogens with zero attached hydrogens (tertiary/aromatic N) is 2. The van der Waals surface area contributed by atoms with Crippen LogP contribution in [-0.4, -0.2) is 41.1 Å². The number of aromatic nitrogens is 1. The van der Waals surface area contributed by atoms with Gasteiger partial charge in [0, 0.05) is 19.2 Å². The van der Waals surface area contributed by atoms with Crippen molar-refractivity contribution in [2.45, 2.75) is 38.1 Å². The number of halogens is 3. The van der Waals surface area contributed by atoms with Crippen molar-refractivity contribution in [3.8, 4) is 0 Å². The largest absolute Gasteiger partial charge is 0.416 e. The number of aryl methyl sites for hydroxylation is 1. The Morgan fingerprint density at radius 3 is 2.55 bits per heavy atom. The van der Waals surface area contributed by atoms with Gasteiger partial charge in [-0.1, -0.05) is 5.16 Å². The normalized spacial score (nSPS) is 15.1. The molecular weight excluding hydrogens is 433 g/mol. The molecule has 1 aliphatic rings. The summed E-state index contributed by atoms with van der Waals surface area (Å²) in [6.07, 6.45) is -2.62. The van der Waals surface area contributed by atoms with E-state index in [9.17, 15) is 22.8 Å². The van der Waals surface area contributed by atoms with Crippen LogP contribution in [0.4, 0.5) is 30.4 Å². The maximum atomic E-state index is 13.2. The fraction of sp³-hybridized carbons (Fsp3) is 0.450. The van der Waals surface area contributed by atoms with Crippen molar-refractivity contribution in [3.63, 3.8) is 0 Å². The Bertz CT molecular complexity index is 942. The lowest BCUT2D eigenvalue weighted by Crippen LogP contribution is -2.26. The third kappa shape index (κ3) is 6.16. The summed E-state index contributed by atoms with van der Waals surface area (Å²) in [6.45, 7) is 4.76. The Balaban J connectivity index is 1.62. The molecule has 1 fully saturated rings. The lowest BCUT2D eigenvalue weighted by Gasteiger charge is -2.23. The minimum absolute atomic E-state index is 0.0951. The molecule has 11 heteroatoms. The van der Waals surface area contributed by atoms with E-state index < -0.39 is 22.9 Å². The highest BCUT2D eigenvalue weighted by Crippen LogP contribution is 2.36. The molecular formula is C20H23F3N4O3S. The number of hydrogen-bond donors (Lipinski definition) is 2. The van der Waals surface area contributed by atoms with Gasteiger partial charge in [0.1, 0.15) is 5.76 Å². The molecule has 7 nitrogen and oxygen atoms in total. The first-order chi connectivity index (χ1) is 14.6. The van der Waals surface area contributed by atoms with E-state index >= 15 is 0 Å². The molecule has 0 radical (unpaired) electrons. The highest BCUT2D eigenvalue weighted by atomic mass is 32.2. The standard InChI is InChI=1S/C20H23F3N4O3S/c1-12-9-17(26-30-12)25-19(29)13(2)31-11-18(28)24-15-10-14(20(21,22)23)5-6-16(15)27-7-3-4-8-27/h5-6,9-10,13H,3-4,7-8,11H2,1-2H3,(H,24,28)(H,25,26,29)/t13-/m1/s1. The number of rotatable bonds is 7. The number of amides is 2. The van der Waals surface area contributed by atoms with Crippen LogP contribution in [-0.2, 0) is 15.8 Å². The first kappa shape index (κ1) is 23.0. The minimum atomic E-state index is -4.51. The van der Waals surface area contributed by atoms with Crippen molar-refractivity contribution >= 4 is 40.8 Å². The van der Waals surface area contributed by atoms with Gasteiger partial charge in [0.25, 0.3) is 0 Å². The molecule has 0 bridgehead atoms. The smallest absolute Gasteiger partial charge is 0.370 e. The number of thioether (sulfide) groups is 1. The molecule has 1 aromatic heterocycles. The van der Waals surface area contributed by atoms with Crippen molar-refractivity contribution in [2.24, 2.45) is 0 Å². The maximum Gasteiger partial charge on any atom is 0.416 e. The van der Waals surface area contributed by atoms with Gasteiger partial charge in [0.2, 0.25) is 11.8 Å². The summed E-state index contributed by atoms with van der Waals surface area (Å²) in [4.78, 5) is 26.6. The summed E-state index contributed by atoms with van der Waals surface area (Å²) in [7, 11) is 0. The Labute approximate surface area is 181 Å². The molecule has 2 N–H and O–H groups in total. The van der Waals surface area contributed by atoms with Crippen LogP contribution in [0.3, 0.4) is 0 Å². The first-order valence-electron chi connectivity index (χ1n) is 9.75. The second-order valence-corrected chi connectivity index (χ2v) is 8.57. The molecule has 0 spiro atoms. The van der Waals surface area contributed by atoms with Gasteiger partial charge in [-0.3, -0.25) is 9.59 Å². The SMILES string of the molecule is Cc1cc(NC(=O)[C@@H](C)SCC(=O)Nc2cc(C(F)(F)F)ccc2N2CCCC2)no1. The number of carbonyl (C=O) groups excluding carboxylic acids is 2. The van der Waals surface area contributed by atoms with Gasteiger partial charge < -0.3 is 20.1 Å². The van der Waals surface area contributed by atoms with E-state index in [2.05, 4.69) is 15.8 Å². The second kappa shape index (κ2) is 9.63. The molecule has 1 aliphatic heterocycles. The summed E-state index contributed by atoms with van der Waals surface area (Å²) in [5.74, 6) is -0.115. The van der Waals surface area contributed by atoms with Crippen molar-refractivity contribution < 1.29 is 27.3 Å². The number of nitrogens with one attached hydrogen (secondary N) is 2. The maximum absolute atomic E-state index is 13.2. The highest BCUT2D eigenvalue weighted by Gasteiger charge is 2.32. The molecule has 31 heavy (non-hydrogen) atoms. The van der Waals surface area contributed by atoms with E-state index in [4.69, 9.17) is 4.52 Å². The molecule has 0 saturated carbocycles. The molecule has 0 unspecified atom stereocenters. The Hall–Kier alpha value is -2.69. The second-order valence-electron chi connectivity index (χ2n) is 7.24. The van der Waals surface area contributed by atoms with E-state index in [0.29, 0.717) is 11.4 Å². The average molecular weight is 456 g/mol. The lowest BCUT2D eigenvalue weighted by molar-refractivity contribution is -0.137. The molecule has 2 aromatic rings. The number of alkyl halides is 3. The molecule has 1 saturated heterocycles. The molecule has 1 atom stereocenters. The summed E-state index contributed by atoms with van der Waals surface area (Å²) in [6, 6.07) is 4.94. The third-order valence-corrected chi connectivity index (χ3v) is 5.90. The van der Waals surface area contributed by atoms with Gasteiger partial charge in [-0.15, -0.1) is 11.8 Å². The molecule has 0 aliphatic carbocycles. The van der Waals surface area contributed by atoms with Gasteiger partial charge >= 0.3 is 6.18 Å². The van der Waals surface area contributed by atoms with Crippen LogP contribution in [0.5, 0.6) is 0 Å². The van der Waals surface area contributed by atoms with Gasteiger partial charge in [0.15, 0.2) is 5.82 Å². The average Bonchev–Trinajstić information content (AvgIpc) is 3.37. The number of hydrogen-bond acceptors (Lipinski definition) is 6. The van der Waals surface area contributed by atoms with E-state index in [0.717, 1.165) is 49.8 Å². The molecule has 1 aromatic carbocycles. The zero-order valence-electron chi connectivity index (χ0n) is 17.1. The predicted octanol–water partition coefficient (Wildman–Crippen LogP) is 4.30. The van der Waals surface area contributed by atoms with Crippen molar-refractivity contribution in [1.82, 2.24) is 5.16 Å². The summed E-state index contributed by atoms with van der Waals surface area (Å²) >= 11 is 1.07. The van der Waals surface area contributed by atoms with Crippen LogP contribution in [0.15, 0.2) is 28.8 Å². The van der Waals surface area contributed by atoms with Crippen LogP contribution in [0.1, 0.15) is 31.1 Å². The summed E-state index contributed by atoms with van der Waals surface area (Å²) in [5, 5.41) is 8.26. The highest BCUT2D eigenvalue weighted by molar-refractivity contribution is 8.01. The fourth-order valence-electron chi connectivity index (χ4n) is 3.16. The zero-order valence-corrected chi connectivity index (χ0v) is 17.9. The fourth-order valence-corrected chi connectivity index (χ4v) is 3.85. The van der Waals surface area contributed by atoms with Gasteiger partial charge in [-0.2, -0.15) is 13.2 Å². The topological polar surface area (TPSA) is 87.5 Å². The molecule has 3 rings (SSSR count). The first-order valence-corrected chi connectivity index (χ1v) is 10.8. The monoisotopic (exact) mass is 456 g/mol. The van der Waals surface area contributed by atoms with Crippen molar-refractivity contribution in [3.05, 3.63) is 35.6 Å². The molecule has 2 amide bonds. The third-order valence-electron chi connectivity index (χ3n) is 4.76. The van der Waals surface area contributed by atoms with E-state index in [1.807, 2.05) is 4.90 Å². The quantitative estimate of drug-likeness (QED) is 0.646. The van der Waals surface area contributed by atoms with Crippen molar-refractivity contribution in [1.29, 1.82) is 0 Å². The number of carbonyl (C=O) groups is 2. The predicted molar refractivity (Wildman–Crippen MR) is 113 cm³/mol. The Morgan fingerprint density at radius 2 is 1.94 bits per heavy atom. The van der Waals surface area contributed by atoms with Crippen LogP contribution >= 0.6 is 11.8 Å². The number of anilines is 3. The zero-order chi connectivity index (χ0) is 22.6. The van der Waals surface area contributed by atoms with E-state index in [1.165, 1.54) is 6.07 Å². The van der Waals surface area contributed by atoms with Crippen LogP contribution in [0.2, 0.25) is 0 Å². The lowest BCUT2D eigenvalue weighted by atomic mass is 10.1. The Morgan fingerprint density at radius 1 is 1.23 bits per heavy atom. The summed E-state index contributed by atoms with van der Waals surface area (Å²) in [5.41, 5.74) is -0.136. The van der Waals surface area contributed by atoms with Gasteiger partial charge in [-0.05, 0) is 44.9 Å². The number of benzene rings is 1. The molecule has 2 heterocycles. The van der Waals surface area contributed by atoms with E-state index in [-0.39, 0.29) is 23.2 Å². The van der Waals surface area contributed by atoms with Gasteiger partial charge in [0.05, 0.1) is 27.9 Å². The van der Waals surface area contributed by atoms with Crippen molar-refractivity contribution in [2.75, 3.05) is 34.4 Å². The summed E-state index contributed by atoms with van der Waals surface area (Å²) < 4.78 is 44.3. The van der Waals surface area contributed by atoms with Gasteiger partial charge in [-0.25, -0.2) is 0 Å². The van der Waals surface area contributed by atoms with Crippen LogP contribution < -0.4 is 15.5 Å². The van der Waals surface area contributed by atoms with Crippen LogP contribution in [0, 0.1) is 6.92 Å². The molecule has 168 valence electrons. The Kier molecular flexibility index (Phi) is 7.14.